The molecule has 15 nitrogen and oxygen atoms in total. The van der Waals surface area contributed by atoms with E-state index in [1.807, 2.05) is 43.9 Å². The second kappa shape index (κ2) is 17.1. The number of halogens is 1. The number of carbonyl (C=O) groups is 3. The molecule has 1 unspecified atom stereocenters. The van der Waals surface area contributed by atoms with Gasteiger partial charge in [0.1, 0.15) is 34.9 Å². The van der Waals surface area contributed by atoms with E-state index in [4.69, 9.17) is 23.9 Å². The number of alkyl carbamates (subject to hydrolysis) is 1. The number of carbonyl (C=O) groups excluding carboxylic acids is 3. The molecular weight excluding hydrogens is 876 g/mol. The fourth-order valence-electron chi connectivity index (χ4n) is 10.4. The highest BCUT2D eigenvalue weighted by molar-refractivity contribution is 7.12. The number of nitrogens with one attached hydrogen (secondary N) is 3. The number of methoxy groups -OCH3 is 1. The van der Waals surface area contributed by atoms with E-state index in [1.165, 1.54) is 30.9 Å². The maximum Gasteiger partial charge on any atom is 0.410 e. The fourth-order valence-corrected chi connectivity index (χ4v) is 11.6. The molecule has 4 fully saturated rings. The van der Waals surface area contributed by atoms with Gasteiger partial charge in [-0.3, -0.25) is 14.3 Å². The van der Waals surface area contributed by atoms with Crippen LogP contribution in [0.1, 0.15) is 118 Å². The zero-order chi connectivity index (χ0) is 46.1. The molecule has 1 aliphatic carbocycles. The van der Waals surface area contributed by atoms with Crippen molar-refractivity contribution in [2.24, 2.45) is 5.92 Å². The summed E-state index contributed by atoms with van der Waals surface area (Å²) in [6.45, 7) is 7.76. The van der Waals surface area contributed by atoms with Gasteiger partial charge in [0.2, 0.25) is 12.1 Å². The third-order valence-electron chi connectivity index (χ3n) is 13.8. The quantitative estimate of drug-likeness (QED) is 0.128. The molecule has 0 radical (unpaired) electrons. The van der Waals surface area contributed by atoms with Crippen molar-refractivity contribution in [1.82, 2.24) is 39.6 Å². The van der Waals surface area contributed by atoms with Crippen molar-refractivity contribution in [3.63, 3.8) is 0 Å². The Balaban J connectivity index is 0.906. The Morgan fingerprint density at radius 1 is 0.851 bits per heavy atom. The summed E-state index contributed by atoms with van der Waals surface area (Å²) < 4.78 is 42.0. The Labute approximate surface area is 391 Å². The molecule has 3 saturated heterocycles. The number of nitrogens with zero attached hydrogens (tertiary/aromatic N) is 5. The summed E-state index contributed by atoms with van der Waals surface area (Å²) in [6, 6.07) is 14.6. The summed E-state index contributed by atoms with van der Waals surface area (Å²) in [7, 11) is 1.30. The number of benzene rings is 2. The number of aromatic amines is 2. The molecule has 6 aromatic rings. The van der Waals surface area contributed by atoms with Gasteiger partial charge >= 0.3 is 12.2 Å². The van der Waals surface area contributed by atoms with Gasteiger partial charge < -0.3 is 39.1 Å². The van der Waals surface area contributed by atoms with Gasteiger partial charge in [-0.25, -0.2) is 23.9 Å². The van der Waals surface area contributed by atoms with E-state index in [0.717, 1.165) is 52.7 Å². The average molecular weight is 931 g/mol. The van der Waals surface area contributed by atoms with Crippen LogP contribution in [0.25, 0.3) is 44.7 Å². The van der Waals surface area contributed by atoms with Crippen LogP contribution in [0.2, 0.25) is 0 Å². The van der Waals surface area contributed by atoms with Crippen molar-refractivity contribution >= 4 is 40.3 Å². The van der Waals surface area contributed by atoms with Crippen LogP contribution < -0.4 is 10.1 Å². The van der Waals surface area contributed by atoms with Crippen molar-refractivity contribution in [2.45, 2.75) is 108 Å². The van der Waals surface area contributed by atoms with Crippen LogP contribution in [0.5, 0.6) is 5.75 Å². The Morgan fingerprint density at radius 2 is 1.54 bits per heavy atom. The second-order valence-electron chi connectivity index (χ2n) is 19.4. The van der Waals surface area contributed by atoms with Gasteiger partial charge in [-0.2, -0.15) is 0 Å². The number of hydrogen-bond donors (Lipinski definition) is 3. The molecule has 17 heteroatoms. The van der Waals surface area contributed by atoms with Crippen molar-refractivity contribution < 1.29 is 37.7 Å². The van der Waals surface area contributed by atoms with E-state index in [-0.39, 0.29) is 30.0 Å². The smallest absolute Gasteiger partial charge is 0.410 e. The first-order valence-electron chi connectivity index (χ1n) is 23.5. The van der Waals surface area contributed by atoms with E-state index >= 15 is 4.39 Å². The van der Waals surface area contributed by atoms with E-state index in [0.29, 0.717) is 85.0 Å². The lowest BCUT2D eigenvalue weighted by Gasteiger charge is -2.34. The second-order valence-corrected chi connectivity index (χ2v) is 20.6. The van der Waals surface area contributed by atoms with Gasteiger partial charge in [-0.15, -0.1) is 11.3 Å². The minimum atomic E-state index is -0.725. The van der Waals surface area contributed by atoms with Gasteiger partial charge in [0, 0.05) is 47.7 Å². The van der Waals surface area contributed by atoms with Crippen molar-refractivity contribution in [3.8, 4) is 39.5 Å². The topological polar surface area (TPSA) is 169 Å². The van der Waals surface area contributed by atoms with Gasteiger partial charge in [-0.1, -0.05) is 6.07 Å². The molecule has 5 aliphatic rings. The molecule has 4 aliphatic heterocycles. The first kappa shape index (κ1) is 43.4. The van der Waals surface area contributed by atoms with E-state index in [9.17, 15) is 14.4 Å². The van der Waals surface area contributed by atoms with Crippen LogP contribution in [-0.2, 0) is 19.0 Å². The normalized spacial score (nSPS) is 21.2. The summed E-state index contributed by atoms with van der Waals surface area (Å²) in [5.74, 6) is 1.67. The number of ether oxygens (including phenoxy) is 4. The third-order valence-corrected chi connectivity index (χ3v) is 15.1. The predicted octanol–water partition coefficient (Wildman–Crippen LogP) is 9.99. The number of imidazole rings is 2. The van der Waals surface area contributed by atoms with Gasteiger partial charge in [0.05, 0.1) is 64.6 Å². The number of rotatable bonds is 9. The van der Waals surface area contributed by atoms with Crippen molar-refractivity contribution in [2.75, 3.05) is 33.4 Å². The zero-order valence-corrected chi connectivity index (χ0v) is 38.9. The molecule has 3 N–H and O–H groups in total. The molecule has 0 bridgehead atoms. The van der Waals surface area contributed by atoms with Crippen LogP contribution in [0.3, 0.4) is 0 Å². The number of H-pyrrole nitrogens is 2. The minimum absolute atomic E-state index is 0.0625. The SMILES string of the molecule is COC(=O)N[C@H](C(=O)N1CCC[C@H]1c1ncc(-c2ccc3c(c2)cc2n3C(c3ccc(C4CC4)s3)Oc3cc(-c4cnc([C@@H]5CCCN5C(=O)OC(C)(C)C)[nH]4)cc(F)c3-2)[nH]1)C1CCOCC1. The highest BCUT2D eigenvalue weighted by Crippen LogP contribution is 2.50. The molecule has 3 amide bonds. The molecule has 4 aromatic heterocycles. The molecule has 0 spiro atoms. The Hall–Kier alpha value is -6.20. The third kappa shape index (κ3) is 8.23. The first-order chi connectivity index (χ1) is 32.4. The molecular formula is C50H55FN8O7S. The molecule has 1 saturated carbocycles. The fraction of sp³-hybridized carbons (Fsp3) is 0.460. The summed E-state index contributed by atoms with van der Waals surface area (Å²) in [4.78, 5) is 62.1. The Morgan fingerprint density at radius 3 is 2.24 bits per heavy atom. The van der Waals surface area contributed by atoms with E-state index < -0.39 is 29.8 Å². The van der Waals surface area contributed by atoms with Crippen LogP contribution in [0, 0.1) is 11.7 Å². The molecule has 8 heterocycles. The molecule has 350 valence electrons. The van der Waals surface area contributed by atoms with Crippen LogP contribution in [0.15, 0.2) is 60.9 Å². The predicted molar refractivity (Wildman–Crippen MR) is 249 cm³/mol. The number of amides is 3. The summed E-state index contributed by atoms with van der Waals surface area (Å²) in [5, 5.41) is 3.73. The summed E-state index contributed by atoms with van der Waals surface area (Å²) >= 11 is 1.75. The molecule has 67 heavy (non-hydrogen) atoms. The van der Waals surface area contributed by atoms with E-state index in [2.05, 4.69) is 49.1 Å². The van der Waals surface area contributed by atoms with Crippen molar-refractivity contribution in [3.05, 3.63) is 88.1 Å². The number of fused-ring (bicyclic) bond motifs is 5. The molecule has 4 atom stereocenters. The van der Waals surface area contributed by atoms with Gasteiger partial charge in [-0.05, 0) is 126 Å². The minimum Gasteiger partial charge on any atom is -0.464 e. The van der Waals surface area contributed by atoms with Gasteiger partial charge in [0.25, 0.3) is 0 Å². The largest absolute Gasteiger partial charge is 0.464 e. The maximum atomic E-state index is 16.9. The van der Waals surface area contributed by atoms with E-state index in [1.54, 1.807) is 28.6 Å². The Bertz CT molecular complexity index is 2870. The van der Waals surface area contributed by atoms with Crippen molar-refractivity contribution in [1.29, 1.82) is 0 Å². The number of hydrogen-bond acceptors (Lipinski definition) is 10. The maximum absolute atomic E-state index is 16.9. The Kier molecular flexibility index (Phi) is 11.1. The standard InChI is InChI=1S/C50H55FN8O7S/c1-50(2,3)66-49(62)58-18-6-8-37(58)45-53-26-34(55-45)30-22-32(51)42-38-23-31-21-29(11-12-35(31)59(38)47(65-39(42)24-30)41-14-13-40(67-41)27-9-10-27)33-25-52-44(54-33)36-7-5-17-57(36)46(60)43(56-48(61)63-4)28-15-19-64-20-16-28/h11-14,21-28,36-37,43,47H,5-10,15-20H2,1-4H3,(H,52,54)(H,53,55)(H,56,61)/t36-,37-,43-,47?/m0/s1. The average Bonchev–Trinajstić information content (AvgIpc) is 4.04. The highest BCUT2D eigenvalue weighted by Gasteiger charge is 2.41. The lowest BCUT2D eigenvalue weighted by molar-refractivity contribution is -0.136. The first-order valence-corrected chi connectivity index (χ1v) is 24.3. The number of likely N-dealkylation sites (tertiary alicyclic amines) is 2. The lowest BCUT2D eigenvalue weighted by atomic mass is 9.90. The van der Waals surface area contributed by atoms with Gasteiger partial charge in [0.15, 0.2) is 0 Å². The van der Waals surface area contributed by atoms with Crippen LogP contribution in [-0.4, -0.2) is 97.5 Å². The summed E-state index contributed by atoms with van der Waals surface area (Å²) in [6.07, 6.45) is 8.74. The highest BCUT2D eigenvalue weighted by atomic mass is 32.1. The summed E-state index contributed by atoms with van der Waals surface area (Å²) in [5.41, 5.74) is 4.24. The van der Waals surface area contributed by atoms with Crippen LogP contribution in [0.4, 0.5) is 14.0 Å². The monoisotopic (exact) mass is 930 g/mol. The number of thiophene rings is 1. The molecule has 2 aromatic carbocycles. The molecule has 11 rings (SSSR count). The van der Waals surface area contributed by atoms with Crippen LogP contribution >= 0.6 is 11.3 Å². The zero-order valence-electron chi connectivity index (χ0n) is 38.1. The lowest BCUT2D eigenvalue weighted by Crippen LogP contribution is -2.53. The number of aromatic nitrogens is 5.